The van der Waals surface area contributed by atoms with E-state index in [-0.39, 0.29) is 17.7 Å². The highest BCUT2D eigenvalue weighted by molar-refractivity contribution is 7.14. The molecule has 0 bridgehead atoms. The molecule has 0 atom stereocenters. The summed E-state index contributed by atoms with van der Waals surface area (Å²) in [5.41, 5.74) is 1.11. The maximum absolute atomic E-state index is 12.1. The second-order valence-corrected chi connectivity index (χ2v) is 7.66. The zero-order chi connectivity index (χ0) is 18.3. The fraction of sp³-hybridized carbons (Fsp3) is 0.353. The van der Waals surface area contributed by atoms with Gasteiger partial charge in [-0.2, -0.15) is 5.10 Å². The molecule has 1 aromatic heterocycles. The second kappa shape index (κ2) is 8.48. The summed E-state index contributed by atoms with van der Waals surface area (Å²) < 4.78 is 0. The lowest BCUT2D eigenvalue weighted by Crippen LogP contribution is -2.32. The number of nitrogens with two attached hydrogens (primary N) is 1. The van der Waals surface area contributed by atoms with Gasteiger partial charge in [0.2, 0.25) is 0 Å². The van der Waals surface area contributed by atoms with E-state index in [2.05, 4.69) is 46.4 Å². The molecule has 0 spiro atoms. The third-order valence-corrected chi connectivity index (χ3v) is 4.01. The van der Waals surface area contributed by atoms with Crippen LogP contribution in [0.2, 0.25) is 0 Å². The molecular formula is C17H22N6OS. The van der Waals surface area contributed by atoms with Crippen LogP contribution in [0.15, 0.2) is 40.4 Å². The highest BCUT2D eigenvalue weighted by atomic mass is 32.1. The van der Waals surface area contributed by atoms with Crippen molar-refractivity contribution >= 4 is 29.2 Å². The number of amides is 1. The van der Waals surface area contributed by atoms with E-state index in [1.807, 2.05) is 30.3 Å². The maximum atomic E-state index is 12.1. The highest BCUT2D eigenvalue weighted by Crippen LogP contribution is 2.22. The molecular weight excluding hydrogens is 336 g/mol. The van der Waals surface area contributed by atoms with Gasteiger partial charge in [-0.25, -0.2) is 0 Å². The van der Waals surface area contributed by atoms with E-state index < -0.39 is 5.91 Å². The monoisotopic (exact) mass is 358 g/mol. The summed E-state index contributed by atoms with van der Waals surface area (Å²) in [6.07, 6.45) is 1.40. The van der Waals surface area contributed by atoms with Crippen LogP contribution in [0.3, 0.4) is 0 Å². The first-order valence-corrected chi connectivity index (χ1v) is 8.64. The molecule has 0 unspecified atom stereocenters. The summed E-state index contributed by atoms with van der Waals surface area (Å²) in [7, 11) is 0. The zero-order valence-corrected chi connectivity index (χ0v) is 15.4. The minimum Gasteiger partial charge on any atom is -0.344 e. The van der Waals surface area contributed by atoms with Crippen LogP contribution in [0.25, 0.3) is 10.6 Å². The Balaban J connectivity index is 1.92. The Morgan fingerprint density at radius 3 is 2.64 bits per heavy atom. The first-order chi connectivity index (χ1) is 11.9. The molecule has 7 nitrogen and oxygen atoms in total. The number of carbonyl (C=O) groups excluding carboxylic acids is 1. The Bertz CT molecular complexity index is 761. The summed E-state index contributed by atoms with van der Waals surface area (Å²) >= 11 is 1.43. The van der Waals surface area contributed by atoms with Crippen molar-refractivity contribution in [3.05, 3.63) is 35.3 Å². The highest BCUT2D eigenvalue weighted by Gasteiger charge is 2.13. The third kappa shape index (κ3) is 6.07. The van der Waals surface area contributed by atoms with Gasteiger partial charge in [0.25, 0.3) is 5.91 Å². The molecule has 2 aromatic rings. The van der Waals surface area contributed by atoms with E-state index in [1.165, 1.54) is 17.6 Å². The maximum Gasteiger partial charge on any atom is 0.273 e. The lowest BCUT2D eigenvalue weighted by molar-refractivity contribution is -0.114. The van der Waals surface area contributed by atoms with E-state index in [0.29, 0.717) is 11.6 Å². The third-order valence-electron chi connectivity index (χ3n) is 3.04. The number of benzene rings is 1. The number of nitrogens with one attached hydrogen (secondary N) is 1. The molecule has 8 heteroatoms. The van der Waals surface area contributed by atoms with E-state index in [1.54, 1.807) is 0 Å². The average Bonchev–Trinajstić information content (AvgIpc) is 3.05. The van der Waals surface area contributed by atoms with Crippen molar-refractivity contribution in [2.45, 2.75) is 27.3 Å². The van der Waals surface area contributed by atoms with Gasteiger partial charge in [-0.3, -0.25) is 9.79 Å². The molecule has 132 valence electrons. The predicted octanol–water partition coefficient (Wildman–Crippen LogP) is 2.25. The Labute approximate surface area is 151 Å². The number of hydrogen-bond acceptors (Lipinski definition) is 7. The van der Waals surface area contributed by atoms with E-state index in [4.69, 9.17) is 5.84 Å². The molecule has 1 aromatic carbocycles. The van der Waals surface area contributed by atoms with Gasteiger partial charge in [0, 0.05) is 12.1 Å². The number of rotatable bonds is 6. The Morgan fingerprint density at radius 1 is 1.28 bits per heavy atom. The minimum absolute atomic E-state index is 0.0348. The predicted molar refractivity (Wildman–Crippen MR) is 102 cm³/mol. The fourth-order valence-electron chi connectivity index (χ4n) is 1.83. The van der Waals surface area contributed by atoms with Crippen molar-refractivity contribution in [1.82, 2.24) is 15.5 Å². The number of hydrogen-bond donors (Lipinski definition) is 2. The normalized spacial score (nSPS) is 12.5. The van der Waals surface area contributed by atoms with E-state index >= 15 is 0 Å². The molecule has 0 saturated carbocycles. The lowest BCUT2D eigenvalue weighted by atomic mass is 9.97. The Hall–Kier alpha value is -2.61. The number of aliphatic imine (C=N–C) groups is 1. The summed E-state index contributed by atoms with van der Waals surface area (Å²) in [5, 5.41) is 16.0. The molecule has 0 aliphatic carbocycles. The SMILES string of the molecule is CC(C)(C)CN=C/C(=N\N)C(=O)NCc1nnc(-c2ccccc2)s1. The number of hydrazone groups is 1. The molecule has 0 fully saturated rings. The quantitative estimate of drug-likeness (QED) is 0.469. The van der Waals surface area contributed by atoms with Crippen LogP contribution in [-0.4, -0.2) is 34.6 Å². The van der Waals surface area contributed by atoms with Crippen LogP contribution in [0, 0.1) is 5.41 Å². The van der Waals surface area contributed by atoms with Gasteiger partial charge in [0.05, 0.1) is 12.8 Å². The zero-order valence-electron chi connectivity index (χ0n) is 14.6. The molecule has 0 saturated heterocycles. The Kier molecular flexibility index (Phi) is 6.35. The summed E-state index contributed by atoms with van der Waals surface area (Å²) in [6.45, 7) is 7.02. The van der Waals surface area contributed by atoms with E-state index in [0.717, 1.165) is 10.6 Å². The molecule has 0 aliphatic rings. The number of aromatic nitrogens is 2. The molecule has 0 radical (unpaired) electrons. The van der Waals surface area contributed by atoms with Crippen molar-refractivity contribution in [2.24, 2.45) is 21.4 Å². The standard InChI is InChI=1S/C17H22N6OS/c1-17(2,3)11-19-9-13(21-18)15(24)20-10-14-22-23-16(25-14)12-7-5-4-6-8-12/h4-9H,10-11,18H2,1-3H3,(H,20,24)/b19-9?,21-13+. The summed E-state index contributed by atoms with van der Waals surface area (Å²) in [4.78, 5) is 16.3. The lowest BCUT2D eigenvalue weighted by Gasteiger charge is -2.13. The molecule has 1 amide bonds. The second-order valence-electron chi connectivity index (χ2n) is 6.59. The first kappa shape index (κ1) is 18.7. The fourth-order valence-corrected chi connectivity index (χ4v) is 2.61. The summed E-state index contributed by atoms with van der Waals surface area (Å²) in [6, 6.07) is 9.76. The van der Waals surface area contributed by atoms with Crippen molar-refractivity contribution < 1.29 is 4.79 Å². The molecule has 3 N–H and O–H groups in total. The van der Waals surface area contributed by atoms with Gasteiger partial charge in [-0.05, 0) is 5.41 Å². The Morgan fingerprint density at radius 2 is 2.00 bits per heavy atom. The van der Waals surface area contributed by atoms with Crippen LogP contribution in [0.1, 0.15) is 25.8 Å². The van der Waals surface area contributed by atoms with Crippen LogP contribution in [0.5, 0.6) is 0 Å². The van der Waals surface area contributed by atoms with Crippen molar-refractivity contribution in [1.29, 1.82) is 0 Å². The van der Waals surface area contributed by atoms with Crippen molar-refractivity contribution in [2.75, 3.05) is 6.54 Å². The average molecular weight is 358 g/mol. The van der Waals surface area contributed by atoms with Gasteiger partial charge in [0.1, 0.15) is 10.0 Å². The molecule has 1 heterocycles. The van der Waals surface area contributed by atoms with Crippen molar-refractivity contribution in [3.63, 3.8) is 0 Å². The van der Waals surface area contributed by atoms with Crippen LogP contribution in [-0.2, 0) is 11.3 Å². The smallest absolute Gasteiger partial charge is 0.273 e. The number of carbonyl (C=O) groups is 1. The van der Waals surface area contributed by atoms with Crippen LogP contribution < -0.4 is 11.2 Å². The summed E-state index contributed by atoms with van der Waals surface area (Å²) in [5.74, 6) is 4.89. The van der Waals surface area contributed by atoms with Crippen molar-refractivity contribution in [3.8, 4) is 10.6 Å². The van der Waals surface area contributed by atoms with E-state index in [9.17, 15) is 4.79 Å². The number of nitrogens with zero attached hydrogens (tertiary/aromatic N) is 4. The van der Waals surface area contributed by atoms with Gasteiger partial charge in [0.15, 0.2) is 5.71 Å². The topological polar surface area (TPSA) is 106 Å². The largest absolute Gasteiger partial charge is 0.344 e. The van der Waals surface area contributed by atoms with Crippen LogP contribution >= 0.6 is 11.3 Å². The molecule has 0 aliphatic heterocycles. The molecule has 25 heavy (non-hydrogen) atoms. The van der Waals surface area contributed by atoms with Crippen LogP contribution in [0.4, 0.5) is 0 Å². The minimum atomic E-state index is -0.392. The van der Waals surface area contributed by atoms with Gasteiger partial charge < -0.3 is 11.2 Å². The van der Waals surface area contributed by atoms with Gasteiger partial charge in [-0.1, -0.05) is 62.4 Å². The first-order valence-electron chi connectivity index (χ1n) is 7.83. The molecule has 2 rings (SSSR count). The van der Waals surface area contributed by atoms with Gasteiger partial charge >= 0.3 is 0 Å². The van der Waals surface area contributed by atoms with Gasteiger partial charge in [-0.15, -0.1) is 10.2 Å².